The van der Waals surface area contributed by atoms with Crippen molar-refractivity contribution in [1.29, 1.82) is 0 Å². The van der Waals surface area contributed by atoms with E-state index >= 15 is 0 Å². The largest absolute Gasteiger partial charge is 0.380 e. The maximum atomic E-state index is 11.5. The van der Waals surface area contributed by atoms with Gasteiger partial charge in [-0.1, -0.05) is 32.4 Å². The Hall–Kier alpha value is -0.630. The summed E-state index contributed by atoms with van der Waals surface area (Å²) < 4.78 is 6.13. The average Bonchev–Trinajstić information content (AvgIpc) is 3.12. The molecule has 4 fully saturated rings. The van der Waals surface area contributed by atoms with Crippen LogP contribution < -0.4 is 0 Å². The molecule has 9 atom stereocenters. The van der Waals surface area contributed by atoms with Gasteiger partial charge in [-0.05, 0) is 79.4 Å². The van der Waals surface area contributed by atoms with Gasteiger partial charge in [0.2, 0.25) is 0 Å². The third-order valence-electron chi connectivity index (χ3n) is 10.2. The van der Waals surface area contributed by atoms with Gasteiger partial charge in [-0.25, -0.2) is 0 Å². The fourth-order valence-electron chi connectivity index (χ4n) is 8.93. The summed E-state index contributed by atoms with van der Waals surface area (Å²) in [4.78, 5) is 11.5. The highest BCUT2D eigenvalue weighted by Gasteiger charge is 2.73. The molecule has 5 aliphatic rings. The van der Waals surface area contributed by atoms with E-state index in [2.05, 4.69) is 26.8 Å². The van der Waals surface area contributed by atoms with Crippen molar-refractivity contribution in [2.75, 3.05) is 7.11 Å². The Morgan fingerprint density at radius 3 is 2.68 bits per heavy atom. The minimum atomic E-state index is 0.221. The van der Waals surface area contributed by atoms with Gasteiger partial charge in [-0.2, -0.15) is 0 Å². The van der Waals surface area contributed by atoms with Gasteiger partial charge in [0.25, 0.3) is 0 Å². The second kappa shape index (κ2) is 5.00. The summed E-state index contributed by atoms with van der Waals surface area (Å²) in [5, 5.41) is 0. The third kappa shape index (κ3) is 1.74. The first-order valence-corrected chi connectivity index (χ1v) is 10.6. The highest BCUT2D eigenvalue weighted by atomic mass is 16.5. The fourth-order valence-corrected chi connectivity index (χ4v) is 8.93. The van der Waals surface area contributed by atoms with E-state index < -0.39 is 0 Å². The van der Waals surface area contributed by atoms with E-state index in [1.807, 2.05) is 7.11 Å². The predicted molar refractivity (Wildman–Crippen MR) is 99.0 cm³/mol. The summed E-state index contributed by atoms with van der Waals surface area (Å²) >= 11 is 0. The minimum absolute atomic E-state index is 0.221. The number of ether oxygens (including phenoxy) is 1. The van der Waals surface area contributed by atoms with Crippen LogP contribution in [-0.4, -0.2) is 19.5 Å². The van der Waals surface area contributed by atoms with Crippen LogP contribution in [0, 0.1) is 45.8 Å². The van der Waals surface area contributed by atoms with Crippen molar-refractivity contribution < 1.29 is 9.53 Å². The lowest BCUT2D eigenvalue weighted by Gasteiger charge is -2.60. The molecule has 138 valence electrons. The van der Waals surface area contributed by atoms with Crippen molar-refractivity contribution in [3.63, 3.8) is 0 Å². The van der Waals surface area contributed by atoms with Crippen molar-refractivity contribution in [3.05, 3.63) is 11.6 Å². The zero-order valence-corrected chi connectivity index (χ0v) is 16.4. The highest BCUT2D eigenvalue weighted by molar-refractivity contribution is 5.54. The second-order valence-electron chi connectivity index (χ2n) is 10.5. The van der Waals surface area contributed by atoms with Gasteiger partial charge in [-0.3, -0.25) is 0 Å². The second-order valence-corrected chi connectivity index (χ2v) is 10.5. The molecule has 2 nitrogen and oxygen atoms in total. The molecule has 0 amide bonds. The molecule has 0 N–H and O–H groups in total. The standard InChI is InChI=1S/C23H34O2/c1-14(13-24)17-5-6-18-16-11-20(25-4)23-12-15(23)7-10-22(23,3)19(16)8-9-21(17,18)2/h12-14,16-20H,5-11H2,1-4H3/t14-,16?,17?,18?,19?,20-,21-,22-,23+/m1/s1. The molecule has 0 bridgehead atoms. The maximum absolute atomic E-state index is 11.5. The Morgan fingerprint density at radius 1 is 1.20 bits per heavy atom. The number of hydrogen-bond donors (Lipinski definition) is 0. The zero-order valence-electron chi connectivity index (χ0n) is 16.4. The molecule has 0 radical (unpaired) electrons. The Balaban J connectivity index is 1.50. The predicted octanol–water partition coefficient (Wildman–Crippen LogP) is 5.03. The van der Waals surface area contributed by atoms with Crippen molar-refractivity contribution in [2.45, 2.75) is 71.8 Å². The molecular weight excluding hydrogens is 308 g/mol. The molecule has 0 aromatic rings. The summed E-state index contributed by atoms with van der Waals surface area (Å²) in [7, 11) is 1.94. The number of aldehydes is 1. The molecule has 4 saturated carbocycles. The summed E-state index contributed by atoms with van der Waals surface area (Å²) in [6, 6.07) is 0. The molecule has 4 unspecified atom stereocenters. The number of fused-ring (bicyclic) bond motifs is 4. The van der Waals surface area contributed by atoms with E-state index in [1.165, 1.54) is 51.2 Å². The molecule has 0 aliphatic heterocycles. The smallest absolute Gasteiger partial charge is 0.123 e. The van der Waals surface area contributed by atoms with Crippen molar-refractivity contribution in [1.82, 2.24) is 0 Å². The highest BCUT2D eigenvalue weighted by Crippen LogP contribution is 2.78. The quantitative estimate of drug-likeness (QED) is 0.531. The maximum Gasteiger partial charge on any atom is 0.123 e. The topological polar surface area (TPSA) is 26.3 Å². The third-order valence-corrected chi connectivity index (χ3v) is 10.2. The Labute approximate surface area is 152 Å². The van der Waals surface area contributed by atoms with Crippen LogP contribution in [0.2, 0.25) is 0 Å². The van der Waals surface area contributed by atoms with E-state index in [1.54, 1.807) is 5.57 Å². The Kier molecular flexibility index (Phi) is 3.31. The lowest BCUT2D eigenvalue weighted by molar-refractivity contribution is -0.152. The minimum Gasteiger partial charge on any atom is -0.380 e. The van der Waals surface area contributed by atoms with Crippen LogP contribution in [0.4, 0.5) is 0 Å². The van der Waals surface area contributed by atoms with Crippen LogP contribution in [0.5, 0.6) is 0 Å². The molecule has 25 heavy (non-hydrogen) atoms. The number of carbonyl (C=O) groups is 1. The van der Waals surface area contributed by atoms with E-state index in [0.717, 1.165) is 17.8 Å². The molecule has 0 saturated heterocycles. The SMILES string of the molecule is CO[C@@H]1CC2C3CCC([C@H](C)C=O)[C@@]3(C)CCC2[C@@]2(C)CCC3=C[C@]312. The van der Waals surface area contributed by atoms with Crippen molar-refractivity contribution >= 4 is 6.29 Å². The monoisotopic (exact) mass is 342 g/mol. The fraction of sp³-hybridized carbons (Fsp3) is 0.870. The number of rotatable bonds is 3. The van der Waals surface area contributed by atoms with Crippen LogP contribution >= 0.6 is 0 Å². The van der Waals surface area contributed by atoms with Crippen LogP contribution in [0.15, 0.2) is 11.6 Å². The lowest BCUT2D eigenvalue weighted by Crippen LogP contribution is -2.57. The normalized spacial score (nSPS) is 57.0. The summed E-state index contributed by atoms with van der Waals surface area (Å²) in [5.74, 6) is 3.28. The molecular formula is C23H34O2. The molecule has 0 heterocycles. The first-order valence-electron chi connectivity index (χ1n) is 10.6. The van der Waals surface area contributed by atoms with Crippen molar-refractivity contribution in [3.8, 4) is 0 Å². The number of methoxy groups -OCH3 is 1. The van der Waals surface area contributed by atoms with Gasteiger partial charge in [0.15, 0.2) is 0 Å². The molecule has 5 aliphatic carbocycles. The van der Waals surface area contributed by atoms with Crippen molar-refractivity contribution in [2.24, 2.45) is 45.8 Å². The van der Waals surface area contributed by atoms with Gasteiger partial charge in [-0.15, -0.1) is 0 Å². The number of carbonyl (C=O) groups excluding carboxylic acids is 1. The number of hydrogen-bond acceptors (Lipinski definition) is 2. The van der Waals surface area contributed by atoms with E-state index in [9.17, 15) is 4.79 Å². The molecule has 1 spiro atoms. The zero-order chi connectivity index (χ0) is 17.6. The van der Waals surface area contributed by atoms with E-state index in [-0.39, 0.29) is 5.92 Å². The van der Waals surface area contributed by atoms with Crippen LogP contribution in [-0.2, 0) is 9.53 Å². The Morgan fingerprint density at radius 2 is 2.00 bits per heavy atom. The summed E-state index contributed by atoms with van der Waals surface area (Å²) in [6.07, 6.45) is 13.4. The van der Waals surface area contributed by atoms with Crippen LogP contribution in [0.3, 0.4) is 0 Å². The van der Waals surface area contributed by atoms with Gasteiger partial charge >= 0.3 is 0 Å². The summed E-state index contributed by atoms with van der Waals surface area (Å²) in [6.45, 7) is 7.27. The molecule has 5 rings (SSSR count). The van der Waals surface area contributed by atoms with Gasteiger partial charge in [0.05, 0.1) is 6.10 Å². The van der Waals surface area contributed by atoms with E-state index in [0.29, 0.717) is 28.3 Å². The van der Waals surface area contributed by atoms with Gasteiger partial charge in [0.1, 0.15) is 6.29 Å². The first-order chi connectivity index (χ1) is 11.9. The Bertz CT molecular complexity index is 638. The van der Waals surface area contributed by atoms with Gasteiger partial charge in [0, 0.05) is 18.4 Å². The molecule has 0 aromatic carbocycles. The van der Waals surface area contributed by atoms with Gasteiger partial charge < -0.3 is 9.53 Å². The summed E-state index contributed by atoms with van der Waals surface area (Å²) in [5.41, 5.74) is 2.85. The van der Waals surface area contributed by atoms with Crippen LogP contribution in [0.25, 0.3) is 0 Å². The molecule has 0 aromatic heterocycles. The van der Waals surface area contributed by atoms with E-state index in [4.69, 9.17) is 4.74 Å². The first kappa shape index (κ1) is 16.5. The lowest BCUT2D eigenvalue weighted by atomic mass is 9.45. The molecule has 2 heteroatoms. The average molecular weight is 343 g/mol. The van der Waals surface area contributed by atoms with Crippen LogP contribution in [0.1, 0.15) is 65.7 Å².